The summed E-state index contributed by atoms with van der Waals surface area (Å²) < 4.78 is 0. The molecule has 0 aliphatic heterocycles. The molecule has 0 bridgehead atoms. The van der Waals surface area contributed by atoms with Crippen LogP contribution in [0.3, 0.4) is 0 Å². The average Bonchev–Trinajstić information content (AvgIpc) is 2.45. The van der Waals surface area contributed by atoms with E-state index in [0.717, 1.165) is 11.4 Å². The van der Waals surface area contributed by atoms with Gasteiger partial charge in [0, 0.05) is 5.02 Å². The van der Waals surface area contributed by atoms with E-state index in [9.17, 15) is 0 Å². The molecule has 98 valence electrons. The highest BCUT2D eigenvalue weighted by Gasteiger charge is 2.29. The number of hydrogen-bond acceptors (Lipinski definition) is 0. The lowest BCUT2D eigenvalue weighted by Crippen LogP contribution is -2.19. The van der Waals surface area contributed by atoms with Gasteiger partial charge in [0.15, 0.2) is 0 Å². The summed E-state index contributed by atoms with van der Waals surface area (Å²) in [5.74, 6) is 0.628. The smallest absolute Gasteiger partial charge is 0.0406 e. The van der Waals surface area contributed by atoms with Crippen molar-refractivity contribution in [1.82, 2.24) is 0 Å². The molecular formula is C17H23Cl. The van der Waals surface area contributed by atoms with Crippen molar-refractivity contribution in [2.24, 2.45) is 11.3 Å². The summed E-state index contributed by atoms with van der Waals surface area (Å²) in [6, 6.07) is 8.27. The molecule has 0 N–H and O–H groups in total. The second-order valence-corrected chi connectivity index (χ2v) is 6.62. The highest BCUT2D eigenvalue weighted by Crippen LogP contribution is 2.42. The molecule has 18 heavy (non-hydrogen) atoms. The Morgan fingerprint density at radius 1 is 1.22 bits per heavy atom. The average molecular weight is 263 g/mol. The Morgan fingerprint density at radius 2 is 1.89 bits per heavy atom. The normalized spacial score (nSPS) is 23.7. The first-order valence-corrected chi connectivity index (χ1v) is 7.30. The van der Waals surface area contributed by atoms with Crippen LogP contribution < -0.4 is 0 Å². The van der Waals surface area contributed by atoms with Crippen LogP contribution in [-0.2, 0) is 6.42 Å². The third-order valence-electron chi connectivity index (χ3n) is 4.36. The van der Waals surface area contributed by atoms with Gasteiger partial charge >= 0.3 is 0 Å². The molecule has 1 unspecified atom stereocenters. The van der Waals surface area contributed by atoms with Gasteiger partial charge < -0.3 is 0 Å². The fourth-order valence-electron chi connectivity index (χ4n) is 2.98. The Labute approximate surface area is 116 Å². The summed E-state index contributed by atoms with van der Waals surface area (Å²) in [7, 11) is 0. The van der Waals surface area contributed by atoms with Gasteiger partial charge in [-0.1, -0.05) is 62.6 Å². The van der Waals surface area contributed by atoms with E-state index in [-0.39, 0.29) is 0 Å². The van der Waals surface area contributed by atoms with Crippen molar-refractivity contribution in [3.8, 4) is 0 Å². The van der Waals surface area contributed by atoms with Gasteiger partial charge in [0.1, 0.15) is 0 Å². The third-order valence-corrected chi connectivity index (χ3v) is 4.61. The monoisotopic (exact) mass is 262 g/mol. The number of hydrogen-bond donors (Lipinski definition) is 0. The van der Waals surface area contributed by atoms with E-state index < -0.39 is 0 Å². The van der Waals surface area contributed by atoms with Crippen molar-refractivity contribution in [2.75, 3.05) is 0 Å². The Kier molecular flexibility index (Phi) is 4.17. The molecule has 0 aromatic heterocycles. The van der Waals surface area contributed by atoms with Crippen LogP contribution in [-0.4, -0.2) is 0 Å². The minimum absolute atomic E-state index is 0.299. The van der Waals surface area contributed by atoms with Crippen LogP contribution in [0.1, 0.15) is 45.1 Å². The van der Waals surface area contributed by atoms with Crippen LogP contribution in [0.4, 0.5) is 0 Å². The zero-order chi connectivity index (χ0) is 13.2. The number of rotatable bonds is 2. The summed E-state index contributed by atoms with van der Waals surface area (Å²) in [4.78, 5) is 0. The van der Waals surface area contributed by atoms with Crippen LogP contribution in [0, 0.1) is 11.3 Å². The van der Waals surface area contributed by atoms with Gasteiger partial charge in [-0.05, 0) is 48.3 Å². The van der Waals surface area contributed by atoms with Gasteiger partial charge in [-0.15, -0.1) is 0 Å². The standard InChI is InChI=1S/C17H23Cl/c1-13-15(6-4-5-11-17(13,2)3)12-14-7-9-16(18)10-8-14/h7-10,15H,1,4-6,11-12H2,2-3H3. The summed E-state index contributed by atoms with van der Waals surface area (Å²) in [6.07, 6.45) is 6.34. The molecule has 2 rings (SSSR count). The lowest BCUT2D eigenvalue weighted by molar-refractivity contribution is 0.380. The molecule has 1 aliphatic carbocycles. The molecule has 1 atom stereocenters. The van der Waals surface area contributed by atoms with E-state index in [1.807, 2.05) is 12.1 Å². The molecule has 0 spiro atoms. The fourth-order valence-corrected chi connectivity index (χ4v) is 3.10. The zero-order valence-electron chi connectivity index (χ0n) is 11.5. The molecule has 1 saturated carbocycles. The number of allylic oxidation sites excluding steroid dienone is 1. The summed E-state index contributed by atoms with van der Waals surface area (Å²) >= 11 is 5.94. The van der Waals surface area contributed by atoms with Crippen molar-refractivity contribution in [2.45, 2.75) is 46.0 Å². The van der Waals surface area contributed by atoms with Crippen molar-refractivity contribution >= 4 is 11.6 Å². The summed E-state index contributed by atoms with van der Waals surface area (Å²) in [5.41, 5.74) is 3.12. The molecule has 1 heteroatoms. The molecule has 1 aromatic rings. The molecule has 0 saturated heterocycles. The Balaban J connectivity index is 2.12. The lowest BCUT2D eigenvalue weighted by atomic mass is 9.75. The maximum atomic E-state index is 5.94. The molecule has 0 heterocycles. The quantitative estimate of drug-likeness (QED) is 0.477. The van der Waals surface area contributed by atoms with Crippen LogP contribution in [0.5, 0.6) is 0 Å². The first kappa shape index (κ1) is 13.7. The van der Waals surface area contributed by atoms with Crippen molar-refractivity contribution < 1.29 is 0 Å². The van der Waals surface area contributed by atoms with Gasteiger partial charge in [0.2, 0.25) is 0 Å². The molecule has 0 nitrogen and oxygen atoms in total. The maximum Gasteiger partial charge on any atom is 0.0406 e. The highest BCUT2D eigenvalue weighted by atomic mass is 35.5. The molecular weight excluding hydrogens is 240 g/mol. The van der Waals surface area contributed by atoms with Gasteiger partial charge in [-0.3, -0.25) is 0 Å². The van der Waals surface area contributed by atoms with Crippen LogP contribution >= 0.6 is 11.6 Å². The van der Waals surface area contributed by atoms with Crippen molar-refractivity contribution in [3.63, 3.8) is 0 Å². The number of benzene rings is 1. The van der Waals surface area contributed by atoms with Gasteiger partial charge in [0.25, 0.3) is 0 Å². The fraction of sp³-hybridized carbons (Fsp3) is 0.529. The largest absolute Gasteiger partial charge is 0.0990 e. The Hall–Kier alpha value is -0.750. The molecule has 1 fully saturated rings. The molecule has 0 radical (unpaired) electrons. The van der Waals surface area contributed by atoms with Gasteiger partial charge in [0.05, 0.1) is 0 Å². The van der Waals surface area contributed by atoms with Crippen LogP contribution in [0.25, 0.3) is 0 Å². The van der Waals surface area contributed by atoms with E-state index >= 15 is 0 Å². The zero-order valence-corrected chi connectivity index (χ0v) is 12.3. The first-order valence-electron chi connectivity index (χ1n) is 6.93. The van der Waals surface area contributed by atoms with E-state index in [1.54, 1.807) is 0 Å². The Morgan fingerprint density at radius 3 is 2.56 bits per heavy atom. The first-order chi connectivity index (χ1) is 8.49. The number of halogens is 1. The van der Waals surface area contributed by atoms with E-state index in [1.165, 1.54) is 36.8 Å². The molecule has 0 amide bonds. The SMILES string of the molecule is C=C1C(Cc2ccc(Cl)cc2)CCCCC1(C)C. The van der Waals surface area contributed by atoms with Crippen LogP contribution in [0.15, 0.2) is 36.4 Å². The Bertz CT molecular complexity index is 414. The summed E-state index contributed by atoms with van der Waals surface area (Å²) in [6.45, 7) is 9.08. The molecule has 1 aromatic carbocycles. The summed E-state index contributed by atoms with van der Waals surface area (Å²) in [5, 5.41) is 0.818. The second kappa shape index (κ2) is 5.48. The minimum Gasteiger partial charge on any atom is -0.0990 e. The van der Waals surface area contributed by atoms with Crippen LogP contribution in [0.2, 0.25) is 5.02 Å². The maximum absolute atomic E-state index is 5.94. The van der Waals surface area contributed by atoms with Gasteiger partial charge in [-0.2, -0.15) is 0 Å². The van der Waals surface area contributed by atoms with Crippen molar-refractivity contribution in [3.05, 3.63) is 47.0 Å². The second-order valence-electron chi connectivity index (χ2n) is 6.18. The van der Waals surface area contributed by atoms with Crippen molar-refractivity contribution in [1.29, 1.82) is 0 Å². The molecule has 1 aliphatic rings. The predicted octanol–water partition coefficient (Wildman–Crippen LogP) is 5.66. The van der Waals surface area contributed by atoms with E-state index in [2.05, 4.69) is 32.6 Å². The lowest BCUT2D eigenvalue weighted by Gasteiger charge is -2.30. The predicted molar refractivity (Wildman–Crippen MR) is 80.0 cm³/mol. The van der Waals surface area contributed by atoms with Gasteiger partial charge in [-0.25, -0.2) is 0 Å². The van der Waals surface area contributed by atoms with E-state index in [0.29, 0.717) is 11.3 Å². The highest BCUT2D eigenvalue weighted by molar-refractivity contribution is 6.30. The topological polar surface area (TPSA) is 0 Å². The third kappa shape index (κ3) is 3.17. The van der Waals surface area contributed by atoms with E-state index in [4.69, 9.17) is 11.6 Å². The minimum atomic E-state index is 0.299.